The number of carbonyl (C=O) groups excluding carboxylic acids is 2. The Morgan fingerprint density at radius 2 is 2.00 bits per heavy atom. The second-order valence-electron chi connectivity index (χ2n) is 6.60. The normalized spacial score (nSPS) is 19.7. The summed E-state index contributed by atoms with van der Waals surface area (Å²) in [4.78, 5) is 31.4. The zero-order valence-electron chi connectivity index (χ0n) is 14.8. The average Bonchev–Trinajstić information content (AvgIpc) is 2.82. The molecule has 0 aromatic heterocycles. The van der Waals surface area contributed by atoms with Crippen LogP contribution in [0.15, 0.2) is 23.4 Å². The molecule has 7 nitrogen and oxygen atoms in total. The average molecular weight is 332 g/mol. The third-order valence-corrected chi connectivity index (χ3v) is 3.71. The van der Waals surface area contributed by atoms with Crippen LogP contribution in [-0.2, 0) is 14.4 Å². The van der Waals surface area contributed by atoms with E-state index in [-0.39, 0.29) is 11.8 Å². The van der Waals surface area contributed by atoms with E-state index < -0.39 is 5.60 Å². The van der Waals surface area contributed by atoms with Gasteiger partial charge in [0, 0.05) is 17.8 Å². The lowest BCUT2D eigenvalue weighted by atomic mass is 9.99. The van der Waals surface area contributed by atoms with Crippen LogP contribution >= 0.6 is 0 Å². The van der Waals surface area contributed by atoms with Crippen LogP contribution in [0.1, 0.15) is 25.8 Å². The van der Waals surface area contributed by atoms with E-state index in [1.807, 2.05) is 34.0 Å². The number of aryl methyl sites for hydroxylation is 1. The van der Waals surface area contributed by atoms with Crippen molar-refractivity contribution in [3.63, 3.8) is 0 Å². The molecule has 2 amide bonds. The zero-order chi connectivity index (χ0) is 17.9. The number of nitrogens with one attached hydrogen (secondary N) is 2. The first-order valence-corrected chi connectivity index (χ1v) is 7.78. The fraction of sp³-hybridized carbons (Fsp3) is 0.471. The minimum absolute atomic E-state index is 0.110. The van der Waals surface area contributed by atoms with E-state index in [2.05, 4.69) is 15.8 Å². The fourth-order valence-corrected chi connectivity index (χ4v) is 2.43. The Bertz CT molecular complexity index is 684. The van der Waals surface area contributed by atoms with E-state index in [0.717, 1.165) is 11.3 Å². The second-order valence-corrected chi connectivity index (χ2v) is 6.60. The van der Waals surface area contributed by atoms with Gasteiger partial charge in [0.1, 0.15) is 0 Å². The summed E-state index contributed by atoms with van der Waals surface area (Å²) in [5, 5.41) is 9.53. The van der Waals surface area contributed by atoms with Gasteiger partial charge in [0.05, 0.1) is 12.3 Å². The summed E-state index contributed by atoms with van der Waals surface area (Å²) in [6, 6.07) is 5.38. The molecule has 130 valence electrons. The van der Waals surface area contributed by atoms with Gasteiger partial charge < -0.3 is 20.4 Å². The molecule has 1 heterocycles. The van der Waals surface area contributed by atoms with Gasteiger partial charge >= 0.3 is 0 Å². The molecule has 0 radical (unpaired) electrons. The minimum Gasteiger partial charge on any atom is -0.379 e. The Kier molecular flexibility index (Phi) is 5.23. The van der Waals surface area contributed by atoms with E-state index in [9.17, 15) is 9.59 Å². The van der Waals surface area contributed by atoms with Gasteiger partial charge in [-0.15, -0.1) is 0 Å². The number of likely N-dealkylation sites (N-methyl/N-ethyl adjacent to an activating group) is 1. The molecule has 0 spiro atoms. The summed E-state index contributed by atoms with van der Waals surface area (Å²) in [6.45, 7) is 5.72. The van der Waals surface area contributed by atoms with Gasteiger partial charge in [-0.05, 0) is 52.6 Å². The van der Waals surface area contributed by atoms with Gasteiger partial charge in [0.2, 0.25) is 11.5 Å². The van der Waals surface area contributed by atoms with E-state index in [0.29, 0.717) is 24.3 Å². The summed E-state index contributed by atoms with van der Waals surface area (Å²) in [6.07, 6.45) is 0.455. The highest BCUT2D eigenvalue weighted by Gasteiger charge is 2.40. The molecule has 1 aliphatic heterocycles. The Morgan fingerprint density at radius 3 is 2.58 bits per heavy atom. The van der Waals surface area contributed by atoms with Gasteiger partial charge in [-0.3, -0.25) is 9.59 Å². The van der Waals surface area contributed by atoms with E-state index in [1.54, 1.807) is 24.0 Å². The van der Waals surface area contributed by atoms with Gasteiger partial charge in [0.25, 0.3) is 5.91 Å². The van der Waals surface area contributed by atoms with Gasteiger partial charge in [-0.25, -0.2) is 0 Å². The van der Waals surface area contributed by atoms with Crippen molar-refractivity contribution in [3.05, 3.63) is 23.8 Å². The quantitative estimate of drug-likeness (QED) is 0.864. The molecule has 0 fully saturated rings. The van der Waals surface area contributed by atoms with Crippen molar-refractivity contribution in [2.75, 3.05) is 31.3 Å². The largest absolute Gasteiger partial charge is 0.379 e. The first kappa shape index (κ1) is 17.9. The molecular weight excluding hydrogens is 308 g/mol. The van der Waals surface area contributed by atoms with Gasteiger partial charge in [-0.1, -0.05) is 11.2 Å². The Labute approximate surface area is 142 Å². The maximum atomic E-state index is 12.4. The SMILES string of the molecule is CC1=NOC(C)(C(=O)Nc2ccc(C)c(NC(=O)CN(C)C)c2)C1. The summed E-state index contributed by atoms with van der Waals surface area (Å²) < 4.78 is 0. The van der Waals surface area contributed by atoms with Crippen molar-refractivity contribution >= 4 is 28.9 Å². The predicted octanol–water partition coefficient (Wildman–Crippen LogP) is 1.99. The van der Waals surface area contributed by atoms with Crippen molar-refractivity contribution in [2.24, 2.45) is 5.16 Å². The highest BCUT2D eigenvalue weighted by atomic mass is 16.7. The number of carbonyl (C=O) groups is 2. The van der Waals surface area contributed by atoms with E-state index >= 15 is 0 Å². The Balaban J connectivity index is 2.08. The van der Waals surface area contributed by atoms with Crippen LogP contribution in [0, 0.1) is 6.92 Å². The minimum atomic E-state index is -0.997. The summed E-state index contributed by atoms with van der Waals surface area (Å²) >= 11 is 0. The summed E-state index contributed by atoms with van der Waals surface area (Å²) in [5.41, 5.74) is 1.98. The molecule has 0 saturated carbocycles. The van der Waals surface area contributed by atoms with E-state index in [1.165, 1.54) is 0 Å². The Morgan fingerprint density at radius 1 is 1.29 bits per heavy atom. The molecule has 0 aliphatic carbocycles. The lowest BCUT2D eigenvalue weighted by Crippen LogP contribution is -2.40. The van der Waals surface area contributed by atoms with Crippen LogP contribution in [0.3, 0.4) is 0 Å². The predicted molar refractivity (Wildman–Crippen MR) is 94.2 cm³/mol. The molecule has 0 saturated heterocycles. The number of benzene rings is 1. The molecule has 1 atom stereocenters. The van der Waals surface area contributed by atoms with Crippen LogP contribution in [0.2, 0.25) is 0 Å². The number of hydrogen-bond donors (Lipinski definition) is 2. The molecule has 24 heavy (non-hydrogen) atoms. The van der Waals surface area contributed by atoms with Crippen LogP contribution < -0.4 is 10.6 Å². The molecule has 0 bridgehead atoms. The van der Waals surface area contributed by atoms with Gasteiger partial charge in [0.15, 0.2) is 0 Å². The van der Waals surface area contributed by atoms with Crippen molar-refractivity contribution in [2.45, 2.75) is 32.8 Å². The fourth-order valence-electron chi connectivity index (χ4n) is 2.43. The third kappa shape index (κ3) is 4.32. The molecule has 1 aliphatic rings. The highest BCUT2D eigenvalue weighted by molar-refractivity contribution is 6.02. The van der Waals surface area contributed by atoms with Crippen LogP contribution in [0.4, 0.5) is 11.4 Å². The number of rotatable bonds is 5. The maximum Gasteiger partial charge on any atom is 0.271 e. The number of anilines is 2. The topological polar surface area (TPSA) is 83.0 Å². The summed E-state index contributed by atoms with van der Waals surface area (Å²) in [7, 11) is 3.66. The molecule has 1 aromatic carbocycles. The third-order valence-electron chi connectivity index (χ3n) is 3.71. The number of nitrogens with zero attached hydrogens (tertiary/aromatic N) is 2. The molecule has 7 heteroatoms. The maximum absolute atomic E-state index is 12.4. The lowest BCUT2D eigenvalue weighted by molar-refractivity contribution is -0.135. The monoisotopic (exact) mass is 332 g/mol. The lowest BCUT2D eigenvalue weighted by Gasteiger charge is -2.21. The molecule has 1 aromatic rings. The number of hydrogen-bond acceptors (Lipinski definition) is 5. The number of oxime groups is 1. The van der Waals surface area contributed by atoms with Crippen molar-refractivity contribution in [3.8, 4) is 0 Å². The standard InChI is InChI=1S/C17H24N4O3/c1-11-6-7-13(8-14(11)19-15(22)10-21(4)5)18-16(23)17(3)9-12(2)20-24-17/h6-8H,9-10H2,1-5H3,(H,18,23)(H,19,22). The zero-order valence-corrected chi connectivity index (χ0v) is 14.8. The van der Waals surface area contributed by atoms with E-state index in [4.69, 9.17) is 4.84 Å². The van der Waals surface area contributed by atoms with Crippen LogP contribution in [0.25, 0.3) is 0 Å². The molecule has 1 unspecified atom stereocenters. The first-order chi connectivity index (χ1) is 11.2. The second kappa shape index (κ2) is 7.00. The molecule has 2 rings (SSSR count). The van der Waals surface area contributed by atoms with Crippen molar-refractivity contribution < 1.29 is 14.4 Å². The molecular formula is C17H24N4O3. The smallest absolute Gasteiger partial charge is 0.271 e. The van der Waals surface area contributed by atoms with Crippen LogP contribution in [0.5, 0.6) is 0 Å². The first-order valence-electron chi connectivity index (χ1n) is 7.78. The highest BCUT2D eigenvalue weighted by Crippen LogP contribution is 2.26. The summed E-state index contributed by atoms with van der Waals surface area (Å²) in [5.74, 6) is -0.376. The van der Waals surface area contributed by atoms with Crippen molar-refractivity contribution in [1.29, 1.82) is 0 Å². The van der Waals surface area contributed by atoms with Crippen molar-refractivity contribution in [1.82, 2.24) is 4.90 Å². The molecule has 2 N–H and O–H groups in total. The van der Waals surface area contributed by atoms with Gasteiger partial charge in [-0.2, -0.15) is 0 Å². The van der Waals surface area contributed by atoms with Crippen LogP contribution in [-0.4, -0.2) is 48.7 Å². The number of amides is 2. The Hall–Kier alpha value is -2.41.